The lowest BCUT2D eigenvalue weighted by Gasteiger charge is -2.39. The molecule has 1 amide bonds. The first-order valence-electron chi connectivity index (χ1n) is 8.06. The third kappa shape index (κ3) is 2.87. The van der Waals surface area contributed by atoms with Gasteiger partial charge in [-0.05, 0) is 44.8 Å². The molecule has 116 valence electrons. The fourth-order valence-corrected chi connectivity index (χ4v) is 4.41. The Kier molecular flexibility index (Phi) is 5.06. The van der Waals surface area contributed by atoms with Gasteiger partial charge in [-0.15, -0.1) is 0 Å². The van der Waals surface area contributed by atoms with Crippen LogP contribution in [0.5, 0.6) is 0 Å². The molecule has 4 heteroatoms. The minimum absolute atomic E-state index is 0.207. The van der Waals surface area contributed by atoms with Crippen LogP contribution in [-0.4, -0.2) is 40.1 Å². The molecule has 0 aromatic heterocycles. The van der Waals surface area contributed by atoms with Gasteiger partial charge in [0.2, 0.25) is 5.91 Å². The Bertz CT molecular complexity index is 360. The zero-order valence-electron chi connectivity index (χ0n) is 13.6. The second-order valence-corrected chi connectivity index (χ2v) is 8.05. The molecule has 2 rings (SSSR count). The summed E-state index contributed by atoms with van der Waals surface area (Å²) >= 11 is 1.97. The van der Waals surface area contributed by atoms with E-state index >= 15 is 0 Å². The Morgan fingerprint density at radius 3 is 2.70 bits per heavy atom. The summed E-state index contributed by atoms with van der Waals surface area (Å²) in [7, 11) is 0. The first-order valence-corrected chi connectivity index (χ1v) is 9.35. The molecule has 0 aromatic carbocycles. The summed E-state index contributed by atoms with van der Waals surface area (Å²) in [5, 5.41) is 4.34. The van der Waals surface area contributed by atoms with Crippen molar-refractivity contribution in [3.63, 3.8) is 0 Å². The topological polar surface area (TPSA) is 32.3 Å². The van der Waals surface area contributed by atoms with E-state index in [0.717, 1.165) is 18.1 Å². The van der Waals surface area contributed by atoms with Crippen LogP contribution in [0.3, 0.4) is 0 Å². The van der Waals surface area contributed by atoms with E-state index in [9.17, 15) is 4.79 Å². The van der Waals surface area contributed by atoms with Crippen molar-refractivity contribution in [3.8, 4) is 0 Å². The first kappa shape index (κ1) is 16.2. The van der Waals surface area contributed by atoms with Crippen molar-refractivity contribution in [1.29, 1.82) is 0 Å². The van der Waals surface area contributed by atoms with Gasteiger partial charge >= 0.3 is 0 Å². The summed E-state index contributed by atoms with van der Waals surface area (Å²) in [6.45, 7) is 8.61. The van der Waals surface area contributed by atoms with Crippen molar-refractivity contribution in [2.75, 3.05) is 6.26 Å². The Hall–Kier alpha value is -0.220. The van der Waals surface area contributed by atoms with Crippen LogP contribution in [0.1, 0.15) is 59.8 Å². The predicted octanol–water partition coefficient (Wildman–Crippen LogP) is 3.24. The summed E-state index contributed by atoms with van der Waals surface area (Å²) in [5.41, 5.74) is -0.360. The van der Waals surface area contributed by atoms with Crippen molar-refractivity contribution in [2.45, 2.75) is 82.8 Å². The van der Waals surface area contributed by atoms with Gasteiger partial charge in [-0.3, -0.25) is 10.1 Å². The molecule has 4 unspecified atom stereocenters. The zero-order chi connectivity index (χ0) is 14.9. The molecule has 0 bridgehead atoms. The number of hydrogen-bond acceptors (Lipinski definition) is 3. The zero-order valence-corrected chi connectivity index (χ0v) is 14.4. The Balaban J connectivity index is 2.20. The van der Waals surface area contributed by atoms with E-state index in [0.29, 0.717) is 17.9 Å². The van der Waals surface area contributed by atoms with Crippen molar-refractivity contribution in [1.82, 2.24) is 10.2 Å². The monoisotopic (exact) mass is 298 g/mol. The Morgan fingerprint density at radius 2 is 2.15 bits per heavy atom. The molecule has 2 fully saturated rings. The number of nitrogens with zero attached hydrogens (tertiary/aromatic N) is 1. The molecule has 1 saturated carbocycles. The maximum atomic E-state index is 12.9. The van der Waals surface area contributed by atoms with Crippen LogP contribution < -0.4 is 5.32 Å². The lowest BCUT2D eigenvalue weighted by atomic mass is 9.91. The number of carbonyl (C=O) groups is 1. The molecule has 20 heavy (non-hydrogen) atoms. The summed E-state index contributed by atoms with van der Waals surface area (Å²) < 4.78 is 0. The highest BCUT2D eigenvalue weighted by Crippen LogP contribution is 2.36. The second-order valence-electron chi connectivity index (χ2n) is 6.91. The van der Waals surface area contributed by atoms with E-state index in [1.807, 2.05) is 11.8 Å². The highest BCUT2D eigenvalue weighted by Gasteiger charge is 2.50. The number of carbonyl (C=O) groups excluding carboxylic acids is 1. The fourth-order valence-electron chi connectivity index (χ4n) is 3.59. The second kappa shape index (κ2) is 6.27. The third-order valence-electron chi connectivity index (χ3n) is 5.14. The van der Waals surface area contributed by atoms with E-state index in [2.05, 4.69) is 44.2 Å². The average Bonchev–Trinajstić information content (AvgIpc) is 2.72. The number of nitrogens with one attached hydrogen (secondary N) is 1. The van der Waals surface area contributed by atoms with Crippen molar-refractivity contribution >= 4 is 17.7 Å². The number of rotatable bonds is 4. The van der Waals surface area contributed by atoms with Gasteiger partial charge < -0.3 is 4.90 Å². The molecule has 1 aliphatic heterocycles. The van der Waals surface area contributed by atoms with Crippen LogP contribution >= 0.6 is 11.8 Å². The van der Waals surface area contributed by atoms with Crippen molar-refractivity contribution in [2.24, 2.45) is 5.92 Å². The quantitative estimate of drug-likeness (QED) is 0.865. The first-order chi connectivity index (χ1) is 9.42. The molecule has 2 aliphatic rings. The summed E-state index contributed by atoms with van der Waals surface area (Å²) in [4.78, 5) is 15.1. The maximum Gasteiger partial charge on any atom is 0.244 e. The lowest BCUT2D eigenvalue weighted by molar-refractivity contribution is -0.136. The highest BCUT2D eigenvalue weighted by atomic mass is 32.2. The molecule has 1 saturated heterocycles. The fraction of sp³-hybridized carbons (Fsp3) is 0.938. The SMILES string of the molecule is CCC1(C)NC(C(C)C)N(C2CCCC(SC)C2)C1=O. The number of thioether (sulfide) groups is 1. The average molecular weight is 298 g/mol. The van der Waals surface area contributed by atoms with E-state index in [1.54, 1.807) is 0 Å². The molecule has 4 atom stereocenters. The van der Waals surface area contributed by atoms with E-state index < -0.39 is 0 Å². The summed E-state index contributed by atoms with van der Waals surface area (Å²) in [6.07, 6.45) is 8.18. The van der Waals surface area contributed by atoms with Crippen LogP contribution in [0.25, 0.3) is 0 Å². The molecule has 1 heterocycles. The van der Waals surface area contributed by atoms with Gasteiger partial charge in [0.05, 0.1) is 11.7 Å². The van der Waals surface area contributed by atoms with Crippen molar-refractivity contribution in [3.05, 3.63) is 0 Å². The summed E-state index contributed by atoms with van der Waals surface area (Å²) in [5.74, 6) is 0.785. The largest absolute Gasteiger partial charge is 0.322 e. The minimum Gasteiger partial charge on any atom is -0.322 e. The molecular formula is C16H30N2OS. The van der Waals surface area contributed by atoms with Gasteiger partial charge in [0.15, 0.2) is 0 Å². The van der Waals surface area contributed by atoms with Crippen LogP contribution in [0.2, 0.25) is 0 Å². The highest BCUT2D eigenvalue weighted by molar-refractivity contribution is 7.99. The van der Waals surface area contributed by atoms with E-state index in [4.69, 9.17) is 0 Å². The van der Waals surface area contributed by atoms with Crippen LogP contribution in [0.4, 0.5) is 0 Å². The smallest absolute Gasteiger partial charge is 0.244 e. The van der Waals surface area contributed by atoms with Gasteiger partial charge in [-0.25, -0.2) is 0 Å². The number of amides is 1. The maximum absolute atomic E-state index is 12.9. The third-order valence-corrected chi connectivity index (χ3v) is 6.23. The molecule has 0 aromatic rings. The minimum atomic E-state index is -0.360. The van der Waals surface area contributed by atoms with Crippen LogP contribution in [-0.2, 0) is 4.79 Å². The Labute approximate surface area is 128 Å². The lowest BCUT2D eigenvalue weighted by Crippen LogP contribution is -2.49. The molecule has 0 spiro atoms. The summed E-state index contributed by atoms with van der Waals surface area (Å²) in [6, 6.07) is 0.432. The van der Waals surface area contributed by atoms with Crippen LogP contribution in [0, 0.1) is 5.92 Å². The van der Waals surface area contributed by atoms with Gasteiger partial charge in [-0.1, -0.05) is 27.2 Å². The molecular weight excluding hydrogens is 268 g/mol. The number of hydrogen-bond donors (Lipinski definition) is 1. The molecule has 3 nitrogen and oxygen atoms in total. The van der Waals surface area contributed by atoms with Gasteiger partial charge in [-0.2, -0.15) is 11.8 Å². The van der Waals surface area contributed by atoms with Gasteiger partial charge in [0.25, 0.3) is 0 Å². The molecule has 1 aliphatic carbocycles. The standard InChI is InChI=1S/C16H30N2OS/c1-6-16(4)15(19)18(14(17-16)11(2)3)12-8-7-9-13(10-12)20-5/h11-14,17H,6-10H2,1-5H3. The van der Waals surface area contributed by atoms with Gasteiger partial charge in [0.1, 0.15) is 0 Å². The van der Waals surface area contributed by atoms with E-state index in [1.165, 1.54) is 19.3 Å². The molecule has 0 radical (unpaired) electrons. The van der Waals surface area contributed by atoms with E-state index in [-0.39, 0.29) is 11.7 Å². The van der Waals surface area contributed by atoms with Gasteiger partial charge in [0, 0.05) is 11.3 Å². The normalized spacial score (nSPS) is 38.8. The van der Waals surface area contributed by atoms with Crippen molar-refractivity contribution < 1.29 is 4.79 Å². The van der Waals surface area contributed by atoms with Crippen LogP contribution in [0.15, 0.2) is 0 Å². The predicted molar refractivity (Wildman–Crippen MR) is 86.9 cm³/mol. The Morgan fingerprint density at radius 1 is 1.45 bits per heavy atom. The molecule has 1 N–H and O–H groups in total.